The number of carbonyl (C=O) groups is 1. The van der Waals surface area contributed by atoms with Gasteiger partial charge >= 0.3 is 0 Å². The normalized spacial score (nSPS) is 10.6. The fourth-order valence-electron chi connectivity index (χ4n) is 2.37. The number of hydrogen-bond donors (Lipinski definition) is 2. The third-order valence-electron chi connectivity index (χ3n) is 3.77. The molecule has 0 saturated carbocycles. The average Bonchev–Trinajstić information content (AvgIpc) is 2.64. The summed E-state index contributed by atoms with van der Waals surface area (Å²) >= 11 is 0. The summed E-state index contributed by atoms with van der Waals surface area (Å²) in [4.78, 5) is 12.1. The van der Waals surface area contributed by atoms with Gasteiger partial charge in [0, 0.05) is 34.9 Å². The molecule has 3 heteroatoms. The number of rotatable bonds is 6. The number of anilines is 3. The zero-order chi connectivity index (χ0) is 17.5. The molecule has 0 amide bonds. The molecule has 124 valence electrons. The second-order valence-corrected chi connectivity index (χ2v) is 5.78. The summed E-state index contributed by atoms with van der Waals surface area (Å²) in [7, 11) is 0. The quantitative estimate of drug-likeness (QED) is 0.460. The minimum absolute atomic E-state index is 0.0186. The van der Waals surface area contributed by atoms with E-state index in [-0.39, 0.29) is 5.78 Å². The summed E-state index contributed by atoms with van der Waals surface area (Å²) in [6.45, 7) is 2.00. The Hall–Kier alpha value is -3.33. The number of carbonyl (C=O) groups excluding carboxylic acids is 1. The van der Waals surface area contributed by atoms with E-state index in [1.165, 1.54) is 0 Å². The molecular weight excluding hydrogens is 308 g/mol. The molecular formula is C22H20N2O. The van der Waals surface area contributed by atoms with Crippen molar-refractivity contribution in [3.05, 3.63) is 102 Å². The van der Waals surface area contributed by atoms with Crippen molar-refractivity contribution >= 4 is 22.8 Å². The first kappa shape index (κ1) is 16.5. The standard InChI is InChI=1S/C22H20N2O/c1-17-7-9-18(10-8-17)22(25)15-16-23-19-11-13-21(14-12-19)24-20-5-3-2-4-6-20/h2-16,23-24H,1H3/b16-15+. The molecule has 0 saturated heterocycles. The minimum atomic E-state index is -0.0186. The van der Waals surface area contributed by atoms with Crippen molar-refractivity contribution in [1.82, 2.24) is 0 Å². The summed E-state index contributed by atoms with van der Waals surface area (Å²) in [5.74, 6) is -0.0186. The lowest BCUT2D eigenvalue weighted by Gasteiger charge is -2.07. The molecule has 0 unspecified atom stereocenters. The number of benzene rings is 3. The first-order valence-corrected chi connectivity index (χ1v) is 8.17. The molecule has 0 aromatic heterocycles. The van der Waals surface area contributed by atoms with Crippen LogP contribution in [0.4, 0.5) is 17.1 Å². The number of allylic oxidation sites excluding steroid dienone is 1. The van der Waals surface area contributed by atoms with Gasteiger partial charge in [-0.15, -0.1) is 0 Å². The molecule has 3 rings (SSSR count). The Labute approximate surface area is 148 Å². The van der Waals surface area contributed by atoms with Crippen LogP contribution in [0.1, 0.15) is 15.9 Å². The fraction of sp³-hybridized carbons (Fsp3) is 0.0455. The van der Waals surface area contributed by atoms with E-state index in [0.717, 1.165) is 22.6 Å². The van der Waals surface area contributed by atoms with E-state index >= 15 is 0 Å². The average molecular weight is 328 g/mol. The lowest BCUT2D eigenvalue weighted by atomic mass is 10.1. The van der Waals surface area contributed by atoms with Crippen molar-refractivity contribution in [1.29, 1.82) is 0 Å². The molecule has 0 heterocycles. The number of nitrogens with one attached hydrogen (secondary N) is 2. The monoisotopic (exact) mass is 328 g/mol. The second kappa shape index (κ2) is 7.97. The van der Waals surface area contributed by atoms with Crippen molar-refractivity contribution in [2.45, 2.75) is 6.92 Å². The molecule has 0 aliphatic heterocycles. The van der Waals surface area contributed by atoms with Gasteiger partial charge in [-0.05, 0) is 43.3 Å². The van der Waals surface area contributed by atoms with Crippen molar-refractivity contribution in [3.63, 3.8) is 0 Å². The van der Waals surface area contributed by atoms with Gasteiger partial charge in [0.1, 0.15) is 0 Å². The molecule has 0 spiro atoms. The maximum Gasteiger partial charge on any atom is 0.187 e. The zero-order valence-electron chi connectivity index (χ0n) is 14.1. The van der Waals surface area contributed by atoms with Crippen molar-refractivity contribution < 1.29 is 4.79 Å². The van der Waals surface area contributed by atoms with Gasteiger partial charge in [-0.1, -0.05) is 48.0 Å². The summed E-state index contributed by atoms with van der Waals surface area (Å²) in [6, 6.07) is 25.5. The van der Waals surface area contributed by atoms with Crippen LogP contribution in [0.5, 0.6) is 0 Å². The number of para-hydroxylation sites is 1. The van der Waals surface area contributed by atoms with Gasteiger partial charge in [-0.2, -0.15) is 0 Å². The van der Waals surface area contributed by atoms with Crippen molar-refractivity contribution in [3.8, 4) is 0 Å². The molecule has 0 aliphatic rings. The third kappa shape index (κ3) is 4.82. The van der Waals surface area contributed by atoms with E-state index < -0.39 is 0 Å². The van der Waals surface area contributed by atoms with E-state index in [0.29, 0.717) is 5.56 Å². The highest BCUT2D eigenvalue weighted by Gasteiger charge is 2.00. The van der Waals surface area contributed by atoms with Crippen LogP contribution in [0.2, 0.25) is 0 Å². The molecule has 0 atom stereocenters. The Bertz CT molecular complexity index is 851. The fourth-order valence-corrected chi connectivity index (χ4v) is 2.37. The summed E-state index contributed by atoms with van der Waals surface area (Å²) < 4.78 is 0. The lowest BCUT2D eigenvalue weighted by molar-refractivity contribution is 0.104. The predicted molar refractivity (Wildman–Crippen MR) is 104 cm³/mol. The SMILES string of the molecule is Cc1ccc(C(=O)/C=C/Nc2ccc(Nc3ccccc3)cc2)cc1. The van der Waals surface area contributed by atoms with Gasteiger partial charge in [-0.25, -0.2) is 0 Å². The lowest BCUT2D eigenvalue weighted by Crippen LogP contribution is -1.96. The van der Waals surface area contributed by atoms with E-state index in [2.05, 4.69) is 10.6 Å². The van der Waals surface area contributed by atoms with Crippen LogP contribution in [-0.4, -0.2) is 5.78 Å². The van der Waals surface area contributed by atoms with Gasteiger partial charge in [0.25, 0.3) is 0 Å². The molecule has 3 aromatic carbocycles. The van der Waals surface area contributed by atoms with Crippen LogP contribution in [0.25, 0.3) is 0 Å². The highest BCUT2D eigenvalue weighted by atomic mass is 16.1. The summed E-state index contributed by atoms with van der Waals surface area (Å²) in [5.41, 5.74) is 4.81. The van der Waals surface area contributed by atoms with Crippen LogP contribution < -0.4 is 10.6 Å². The Morgan fingerprint density at radius 3 is 2.04 bits per heavy atom. The summed E-state index contributed by atoms with van der Waals surface area (Å²) in [6.07, 6.45) is 3.21. The minimum Gasteiger partial charge on any atom is -0.362 e. The van der Waals surface area contributed by atoms with E-state index in [1.807, 2.05) is 85.8 Å². The molecule has 0 radical (unpaired) electrons. The molecule has 2 N–H and O–H groups in total. The van der Waals surface area contributed by atoms with Gasteiger partial charge in [-0.3, -0.25) is 4.79 Å². The molecule has 0 aliphatic carbocycles. The van der Waals surface area contributed by atoms with E-state index in [1.54, 1.807) is 12.3 Å². The van der Waals surface area contributed by atoms with Gasteiger partial charge in [0.15, 0.2) is 5.78 Å². The van der Waals surface area contributed by atoms with Crippen LogP contribution in [0.3, 0.4) is 0 Å². The Morgan fingerprint density at radius 2 is 1.36 bits per heavy atom. The van der Waals surface area contributed by atoms with Crippen LogP contribution in [0.15, 0.2) is 91.1 Å². The third-order valence-corrected chi connectivity index (χ3v) is 3.77. The first-order chi connectivity index (χ1) is 12.2. The van der Waals surface area contributed by atoms with Crippen LogP contribution >= 0.6 is 0 Å². The van der Waals surface area contributed by atoms with Crippen molar-refractivity contribution in [2.75, 3.05) is 10.6 Å². The maximum atomic E-state index is 12.1. The predicted octanol–water partition coefficient (Wildman–Crippen LogP) is 5.55. The van der Waals surface area contributed by atoms with Crippen molar-refractivity contribution in [2.24, 2.45) is 0 Å². The first-order valence-electron chi connectivity index (χ1n) is 8.17. The van der Waals surface area contributed by atoms with Gasteiger partial charge in [0.05, 0.1) is 0 Å². The second-order valence-electron chi connectivity index (χ2n) is 5.78. The highest BCUT2D eigenvalue weighted by molar-refractivity contribution is 6.04. The Balaban J connectivity index is 1.56. The molecule has 3 nitrogen and oxygen atoms in total. The van der Waals surface area contributed by atoms with Gasteiger partial charge < -0.3 is 10.6 Å². The van der Waals surface area contributed by atoms with Gasteiger partial charge in [0.2, 0.25) is 0 Å². The van der Waals surface area contributed by atoms with Crippen LogP contribution in [0, 0.1) is 6.92 Å². The van der Waals surface area contributed by atoms with E-state index in [9.17, 15) is 4.79 Å². The molecule has 3 aromatic rings. The molecule has 0 bridgehead atoms. The summed E-state index contributed by atoms with van der Waals surface area (Å²) in [5, 5.41) is 6.45. The smallest absolute Gasteiger partial charge is 0.187 e. The largest absolute Gasteiger partial charge is 0.362 e. The number of ketones is 1. The number of hydrogen-bond acceptors (Lipinski definition) is 3. The Morgan fingerprint density at radius 1 is 0.760 bits per heavy atom. The highest BCUT2D eigenvalue weighted by Crippen LogP contribution is 2.18. The molecule has 0 fully saturated rings. The molecule has 25 heavy (non-hydrogen) atoms. The zero-order valence-corrected chi connectivity index (χ0v) is 14.1. The Kier molecular flexibility index (Phi) is 5.27. The maximum absolute atomic E-state index is 12.1. The topological polar surface area (TPSA) is 41.1 Å². The number of aryl methyl sites for hydroxylation is 1. The van der Waals surface area contributed by atoms with E-state index in [4.69, 9.17) is 0 Å². The van der Waals surface area contributed by atoms with Crippen LogP contribution in [-0.2, 0) is 0 Å².